The van der Waals surface area contributed by atoms with Crippen LogP contribution < -0.4 is 10.6 Å². The highest BCUT2D eigenvalue weighted by molar-refractivity contribution is 5.89. The average Bonchev–Trinajstić information content (AvgIpc) is 3.00. The molecule has 0 spiro atoms. The summed E-state index contributed by atoms with van der Waals surface area (Å²) < 4.78 is 1.82. The Hall–Kier alpha value is -3.15. The van der Waals surface area contributed by atoms with Crippen molar-refractivity contribution in [2.24, 2.45) is 0 Å². The molecule has 2 heterocycles. The van der Waals surface area contributed by atoms with Crippen molar-refractivity contribution in [3.63, 3.8) is 0 Å². The van der Waals surface area contributed by atoms with Gasteiger partial charge < -0.3 is 10.6 Å². The molecule has 6 nitrogen and oxygen atoms in total. The highest BCUT2D eigenvalue weighted by atomic mass is 16.2. The molecule has 116 valence electrons. The second-order valence-corrected chi connectivity index (χ2v) is 5.10. The van der Waals surface area contributed by atoms with Crippen molar-refractivity contribution >= 4 is 11.7 Å². The molecule has 0 bridgehead atoms. The Kier molecular flexibility index (Phi) is 4.33. The number of amides is 2. The van der Waals surface area contributed by atoms with E-state index in [4.69, 9.17) is 0 Å². The zero-order chi connectivity index (χ0) is 16.1. The van der Waals surface area contributed by atoms with Gasteiger partial charge in [0.25, 0.3) is 0 Å². The van der Waals surface area contributed by atoms with Crippen molar-refractivity contribution < 1.29 is 4.79 Å². The van der Waals surface area contributed by atoms with E-state index in [0.29, 0.717) is 12.2 Å². The topological polar surface area (TPSA) is 71.8 Å². The molecule has 0 unspecified atom stereocenters. The van der Waals surface area contributed by atoms with E-state index in [1.807, 2.05) is 54.1 Å². The SMILES string of the molecule is Cc1ccnn1-c1cccc(NC(=O)NCc2ccncc2)c1. The standard InChI is InChI=1S/C17H17N5O/c1-13-5-10-20-22(13)16-4-2-3-15(11-16)21-17(23)19-12-14-6-8-18-9-7-14/h2-11H,12H2,1H3,(H2,19,21,23). The van der Waals surface area contributed by atoms with Crippen LogP contribution in [0.1, 0.15) is 11.3 Å². The zero-order valence-electron chi connectivity index (χ0n) is 12.7. The fourth-order valence-electron chi connectivity index (χ4n) is 2.21. The van der Waals surface area contributed by atoms with Gasteiger partial charge in [0.1, 0.15) is 0 Å². The van der Waals surface area contributed by atoms with Gasteiger partial charge in [-0.1, -0.05) is 6.07 Å². The van der Waals surface area contributed by atoms with Crippen LogP contribution in [0, 0.1) is 6.92 Å². The van der Waals surface area contributed by atoms with E-state index < -0.39 is 0 Å². The number of rotatable bonds is 4. The number of hydrogen-bond acceptors (Lipinski definition) is 3. The highest BCUT2D eigenvalue weighted by Crippen LogP contribution is 2.15. The molecule has 0 saturated heterocycles. The number of aryl methyl sites for hydroxylation is 1. The van der Waals surface area contributed by atoms with Gasteiger partial charge in [-0.05, 0) is 48.9 Å². The molecule has 0 atom stereocenters. The number of urea groups is 1. The lowest BCUT2D eigenvalue weighted by Crippen LogP contribution is -2.28. The minimum atomic E-state index is -0.254. The molecule has 2 N–H and O–H groups in total. The summed E-state index contributed by atoms with van der Waals surface area (Å²) in [5, 5.41) is 9.90. The highest BCUT2D eigenvalue weighted by Gasteiger charge is 2.05. The summed E-state index contributed by atoms with van der Waals surface area (Å²) in [6.07, 6.45) is 5.15. The van der Waals surface area contributed by atoms with Gasteiger partial charge in [-0.15, -0.1) is 0 Å². The zero-order valence-corrected chi connectivity index (χ0v) is 12.7. The molecule has 6 heteroatoms. The molecule has 2 amide bonds. The number of benzene rings is 1. The Morgan fingerprint density at radius 1 is 1.13 bits per heavy atom. The molecule has 0 radical (unpaired) electrons. The van der Waals surface area contributed by atoms with Crippen LogP contribution in [0.15, 0.2) is 61.1 Å². The van der Waals surface area contributed by atoms with Crippen LogP contribution in [0.3, 0.4) is 0 Å². The third kappa shape index (κ3) is 3.74. The van der Waals surface area contributed by atoms with Crippen LogP contribution >= 0.6 is 0 Å². The number of nitrogens with one attached hydrogen (secondary N) is 2. The van der Waals surface area contributed by atoms with Crippen LogP contribution in [0.5, 0.6) is 0 Å². The predicted octanol–water partition coefficient (Wildman–Crippen LogP) is 2.90. The summed E-state index contributed by atoms with van der Waals surface area (Å²) in [4.78, 5) is 15.9. The summed E-state index contributed by atoms with van der Waals surface area (Å²) in [5.74, 6) is 0. The second-order valence-electron chi connectivity index (χ2n) is 5.10. The van der Waals surface area contributed by atoms with Gasteiger partial charge in [0.2, 0.25) is 0 Å². The monoisotopic (exact) mass is 307 g/mol. The van der Waals surface area contributed by atoms with Gasteiger partial charge in [-0.3, -0.25) is 4.98 Å². The number of anilines is 1. The Balaban J connectivity index is 1.64. The van der Waals surface area contributed by atoms with Crippen LogP contribution in [0.2, 0.25) is 0 Å². The first-order valence-corrected chi connectivity index (χ1v) is 7.27. The summed E-state index contributed by atoms with van der Waals surface area (Å²) in [6.45, 7) is 2.43. The van der Waals surface area contributed by atoms with E-state index in [2.05, 4.69) is 20.7 Å². The lowest BCUT2D eigenvalue weighted by molar-refractivity contribution is 0.251. The summed E-state index contributed by atoms with van der Waals surface area (Å²) in [7, 11) is 0. The van der Waals surface area contributed by atoms with Gasteiger partial charge in [-0.2, -0.15) is 5.10 Å². The molecule has 0 aliphatic carbocycles. The maximum atomic E-state index is 12.0. The van der Waals surface area contributed by atoms with E-state index in [1.54, 1.807) is 18.6 Å². The van der Waals surface area contributed by atoms with Crippen LogP contribution in [-0.2, 0) is 6.54 Å². The fraction of sp³-hybridized carbons (Fsp3) is 0.118. The van der Waals surface area contributed by atoms with E-state index in [9.17, 15) is 4.79 Å². The van der Waals surface area contributed by atoms with E-state index in [-0.39, 0.29) is 6.03 Å². The molecular weight excluding hydrogens is 290 g/mol. The molecule has 0 aliphatic rings. The molecule has 0 fully saturated rings. The van der Waals surface area contributed by atoms with Crippen molar-refractivity contribution in [2.75, 3.05) is 5.32 Å². The molecule has 23 heavy (non-hydrogen) atoms. The molecule has 0 aliphatic heterocycles. The van der Waals surface area contributed by atoms with Crippen molar-refractivity contribution in [1.82, 2.24) is 20.1 Å². The maximum absolute atomic E-state index is 12.0. The number of aromatic nitrogens is 3. The van der Waals surface area contributed by atoms with Gasteiger partial charge in [0, 0.05) is 36.5 Å². The van der Waals surface area contributed by atoms with Gasteiger partial charge in [-0.25, -0.2) is 9.48 Å². The Morgan fingerprint density at radius 2 is 1.96 bits per heavy atom. The summed E-state index contributed by atoms with van der Waals surface area (Å²) in [5.41, 5.74) is 3.64. The number of pyridine rings is 1. The van der Waals surface area contributed by atoms with Gasteiger partial charge in [0.15, 0.2) is 0 Å². The molecule has 2 aromatic heterocycles. The quantitative estimate of drug-likeness (QED) is 0.778. The van der Waals surface area contributed by atoms with Crippen LogP contribution in [-0.4, -0.2) is 20.8 Å². The molecule has 3 rings (SSSR count). The predicted molar refractivity (Wildman–Crippen MR) is 88.4 cm³/mol. The largest absolute Gasteiger partial charge is 0.334 e. The minimum absolute atomic E-state index is 0.254. The summed E-state index contributed by atoms with van der Waals surface area (Å²) in [6, 6.07) is 13.0. The molecular formula is C17H17N5O. The van der Waals surface area contributed by atoms with Crippen molar-refractivity contribution in [2.45, 2.75) is 13.5 Å². The first kappa shape index (κ1) is 14.8. The average molecular weight is 307 g/mol. The third-order valence-corrected chi connectivity index (χ3v) is 3.38. The Bertz CT molecular complexity index is 798. The Labute approximate surface area is 134 Å². The Morgan fingerprint density at radius 3 is 2.70 bits per heavy atom. The second kappa shape index (κ2) is 6.74. The van der Waals surface area contributed by atoms with E-state index in [0.717, 1.165) is 16.9 Å². The van der Waals surface area contributed by atoms with E-state index in [1.165, 1.54) is 0 Å². The first-order valence-electron chi connectivity index (χ1n) is 7.27. The number of carbonyl (C=O) groups is 1. The third-order valence-electron chi connectivity index (χ3n) is 3.38. The van der Waals surface area contributed by atoms with Crippen molar-refractivity contribution in [1.29, 1.82) is 0 Å². The van der Waals surface area contributed by atoms with E-state index >= 15 is 0 Å². The summed E-state index contributed by atoms with van der Waals surface area (Å²) >= 11 is 0. The number of hydrogen-bond donors (Lipinski definition) is 2. The molecule has 0 saturated carbocycles. The molecule has 1 aromatic carbocycles. The lowest BCUT2D eigenvalue weighted by atomic mass is 10.2. The smallest absolute Gasteiger partial charge is 0.319 e. The maximum Gasteiger partial charge on any atom is 0.319 e. The lowest BCUT2D eigenvalue weighted by Gasteiger charge is -2.10. The molecule has 3 aromatic rings. The minimum Gasteiger partial charge on any atom is -0.334 e. The van der Waals surface area contributed by atoms with Crippen LogP contribution in [0.25, 0.3) is 5.69 Å². The van der Waals surface area contributed by atoms with Gasteiger partial charge >= 0.3 is 6.03 Å². The van der Waals surface area contributed by atoms with Crippen molar-refractivity contribution in [3.05, 3.63) is 72.3 Å². The van der Waals surface area contributed by atoms with Crippen LogP contribution in [0.4, 0.5) is 10.5 Å². The van der Waals surface area contributed by atoms with Crippen molar-refractivity contribution in [3.8, 4) is 5.69 Å². The van der Waals surface area contributed by atoms with Gasteiger partial charge in [0.05, 0.1) is 5.69 Å². The fourth-order valence-corrected chi connectivity index (χ4v) is 2.21. The number of nitrogens with zero attached hydrogens (tertiary/aromatic N) is 3. The normalized spacial score (nSPS) is 10.3. The number of carbonyl (C=O) groups excluding carboxylic acids is 1. The first-order chi connectivity index (χ1) is 11.2.